The number of carbonyl (C=O) groups is 1. The lowest BCUT2D eigenvalue weighted by Gasteiger charge is -2.42. The maximum Gasteiger partial charge on any atom is 0.233 e. The van der Waals surface area contributed by atoms with Crippen LogP contribution >= 0.6 is 0 Å². The minimum Gasteiger partial charge on any atom is -0.390 e. The van der Waals surface area contributed by atoms with E-state index in [1.807, 2.05) is 29.2 Å². The molecule has 4 nitrogen and oxygen atoms in total. The Balaban J connectivity index is 1.61. The molecule has 2 saturated heterocycles. The van der Waals surface area contributed by atoms with Crippen LogP contribution in [0, 0.1) is 29.6 Å². The highest BCUT2D eigenvalue weighted by Crippen LogP contribution is 2.69. The van der Waals surface area contributed by atoms with Crippen molar-refractivity contribution in [3.8, 4) is 0 Å². The number of amides is 1. The first kappa shape index (κ1) is 15.2. The van der Waals surface area contributed by atoms with Gasteiger partial charge >= 0.3 is 0 Å². The van der Waals surface area contributed by atoms with Crippen LogP contribution in [0.25, 0.3) is 10.8 Å². The molecule has 0 spiro atoms. The minimum atomic E-state index is -0.632. The number of aliphatic hydroxyl groups excluding tert-OH is 1. The summed E-state index contributed by atoms with van der Waals surface area (Å²) >= 11 is 0. The monoisotopic (exact) mass is 349 g/mol. The van der Waals surface area contributed by atoms with Gasteiger partial charge in [0.15, 0.2) is 5.72 Å². The SMILES string of the molecule is CC(C)C12OC3C(O)C4CC3C1C4C(=O)N2c1cccc2ccccc12. The van der Waals surface area contributed by atoms with Gasteiger partial charge in [-0.2, -0.15) is 0 Å². The van der Waals surface area contributed by atoms with Crippen molar-refractivity contribution in [3.63, 3.8) is 0 Å². The zero-order valence-electron chi connectivity index (χ0n) is 15.0. The Labute approximate surface area is 152 Å². The van der Waals surface area contributed by atoms with E-state index < -0.39 is 11.8 Å². The van der Waals surface area contributed by atoms with E-state index in [1.165, 1.54) is 0 Å². The summed E-state index contributed by atoms with van der Waals surface area (Å²) in [6.45, 7) is 4.30. The Morgan fingerprint density at radius 2 is 1.92 bits per heavy atom. The summed E-state index contributed by atoms with van der Waals surface area (Å²) in [5.41, 5.74) is 0.318. The smallest absolute Gasteiger partial charge is 0.233 e. The lowest BCUT2D eigenvalue weighted by molar-refractivity contribution is -0.136. The van der Waals surface area contributed by atoms with E-state index in [-0.39, 0.29) is 35.7 Å². The molecule has 4 fully saturated rings. The van der Waals surface area contributed by atoms with Crippen LogP contribution in [0.5, 0.6) is 0 Å². The average molecular weight is 349 g/mol. The summed E-state index contributed by atoms with van der Waals surface area (Å²) in [6, 6.07) is 14.4. The highest BCUT2D eigenvalue weighted by Gasteiger charge is 2.79. The van der Waals surface area contributed by atoms with Crippen LogP contribution < -0.4 is 4.90 Å². The third-order valence-corrected chi connectivity index (χ3v) is 7.54. The van der Waals surface area contributed by atoms with Gasteiger partial charge in [0, 0.05) is 17.2 Å². The molecule has 2 aromatic carbocycles. The fourth-order valence-corrected chi connectivity index (χ4v) is 6.69. The molecule has 2 saturated carbocycles. The summed E-state index contributed by atoms with van der Waals surface area (Å²) < 4.78 is 6.63. The molecule has 6 rings (SSSR count). The quantitative estimate of drug-likeness (QED) is 0.906. The zero-order chi connectivity index (χ0) is 17.8. The van der Waals surface area contributed by atoms with Gasteiger partial charge in [-0.3, -0.25) is 9.69 Å². The second-order valence-electron chi connectivity index (χ2n) is 8.77. The van der Waals surface area contributed by atoms with E-state index in [0.717, 1.165) is 22.9 Å². The summed E-state index contributed by atoms with van der Waals surface area (Å²) in [5.74, 6) is 0.777. The Hall–Kier alpha value is -1.91. The zero-order valence-corrected chi connectivity index (χ0v) is 15.0. The van der Waals surface area contributed by atoms with Crippen molar-refractivity contribution in [3.05, 3.63) is 42.5 Å². The van der Waals surface area contributed by atoms with E-state index in [2.05, 4.69) is 32.0 Å². The molecule has 2 aromatic rings. The summed E-state index contributed by atoms with van der Waals surface area (Å²) in [7, 11) is 0. The molecule has 1 N–H and O–H groups in total. The van der Waals surface area contributed by atoms with E-state index in [4.69, 9.17) is 4.74 Å². The number of hydrogen-bond acceptors (Lipinski definition) is 3. The predicted molar refractivity (Wildman–Crippen MR) is 98.5 cm³/mol. The van der Waals surface area contributed by atoms with Gasteiger partial charge in [-0.05, 0) is 29.7 Å². The van der Waals surface area contributed by atoms with E-state index in [1.54, 1.807) is 0 Å². The second-order valence-corrected chi connectivity index (χ2v) is 8.77. The first-order chi connectivity index (χ1) is 12.6. The predicted octanol–water partition coefficient (Wildman–Crippen LogP) is 3.18. The number of rotatable bonds is 2. The number of carbonyl (C=O) groups excluding carboxylic acids is 1. The van der Waals surface area contributed by atoms with E-state index in [9.17, 15) is 9.90 Å². The normalized spacial score (nSPS) is 42.6. The Morgan fingerprint density at radius 3 is 2.73 bits per heavy atom. The van der Waals surface area contributed by atoms with Crippen LogP contribution in [0.4, 0.5) is 5.69 Å². The van der Waals surface area contributed by atoms with Gasteiger partial charge in [0.1, 0.15) is 0 Å². The molecule has 2 heterocycles. The first-order valence-electron chi connectivity index (χ1n) is 9.73. The van der Waals surface area contributed by atoms with Crippen molar-refractivity contribution in [2.45, 2.75) is 38.2 Å². The molecule has 2 aliphatic heterocycles. The molecule has 7 unspecified atom stereocenters. The second kappa shape index (κ2) is 4.68. The maximum atomic E-state index is 13.6. The van der Waals surface area contributed by atoms with Gasteiger partial charge in [0.05, 0.1) is 23.8 Å². The van der Waals surface area contributed by atoms with Gasteiger partial charge < -0.3 is 9.84 Å². The molecule has 4 heteroatoms. The molecule has 134 valence electrons. The highest BCUT2D eigenvalue weighted by atomic mass is 16.6. The summed E-state index contributed by atoms with van der Waals surface area (Å²) in [4.78, 5) is 15.6. The number of fused-ring (bicyclic) bond motifs is 3. The Morgan fingerprint density at radius 1 is 1.15 bits per heavy atom. The third-order valence-electron chi connectivity index (χ3n) is 7.54. The van der Waals surface area contributed by atoms with Gasteiger partial charge in [-0.15, -0.1) is 0 Å². The van der Waals surface area contributed by atoms with E-state index in [0.29, 0.717) is 5.92 Å². The van der Waals surface area contributed by atoms with Crippen molar-refractivity contribution in [2.75, 3.05) is 4.90 Å². The molecule has 2 bridgehead atoms. The standard InChI is InChI=1S/C22H23NO3/c1-11(2)22-18-15-10-14(19(24)20(15)26-22)17(18)21(25)23(22)16-9-5-7-12-6-3-4-8-13(12)16/h3-9,11,14-15,17-20,24H,10H2,1-2H3. The molecule has 26 heavy (non-hydrogen) atoms. The Kier molecular flexibility index (Phi) is 2.73. The lowest BCUT2D eigenvalue weighted by Crippen LogP contribution is -2.54. The fourth-order valence-electron chi connectivity index (χ4n) is 6.69. The molecular weight excluding hydrogens is 326 g/mol. The Bertz CT molecular complexity index is 935. The number of aliphatic hydroxyl groups is 1. The van der Waals surface area contributed by atoms with Crippen LogP contribution in [-0.4, -0.2) is 28.9 Å². The molecule has 0 aromatic heterocycles. The summed E-state index contributed by atoms with van der Waals surface area (Å²) in [6.07, 6.45) is 0.333. The maximum absolute atomic E-state index is 13.6. The molecule has 0 radical (unpaired) electrons. The third kappa shape index (κ3) is 1.46. The number of hydrogen-bond donors (Lipinski definition) is 1. The van der Waals surface area contributed by atoms with Crippen molar-refractivity contribution in [1.29, 1.82) is 0 Å². The van der Waals surface area contributed by atoms with Gasteiger partial charge in [-0.25, -0.2) is 0 Å². The number of nitrogens with zero attached hydrogens (tertiary/aromatic N) is 1. The van der Waals surface area contributed by atoms with Crippen molar-refractivity contribution >= 4 is 22.4 Å². The lowest BCUT2D eigenvalue weighted by atomic mass is 9.74. The van der Waals surface area contributed by atoms with Crippen molar-refractivity contribution in [1.82, 2.24) is 0 Å². The van der Waals surface area contributed by atoms with Gasteiger partial charge in [0.25, 0.3) is 0 Å². The van der Waals surface area contributed by atoms with Gasteiger partial charge in [-0.1, -0.05) is 50.2 Å². The highest BCUT2D eigenvalue weighted by molar-refractivity contribution is 6.07. The number of benzene rings is 2. The van der Waals surface area contributed by atoms with Gasteiger partial charge in [0.2, 0.25) is 5.91 Å². The number of ether oxygens (including phenoxy) is 1. The van der Waals surface area contributed by atoms with Crippen LogP contribution in [0.15, 0.2) is 42.5 Å². The molecule has 1 amide bonds. The largest absolute Gasteiger partial charge is 0.390 e. The number of anilines is 1. The van der Waals surface area contributed by atoms with Crippen molar-refractivity contribution < 1.29 is 14.6 Å². The topological polar surface area (TPSA) is 49.8 Å². The average Bonchev–Trinajstić information content (AvgIpc) is 3.30. The first-order valence-corrected chi connectivity index (χ1v) is 9.73. The molecule has 7 atom stereocenters. The summed E-state index contributed by atoms with van der Waals surface area (Å²) in [5, 5.41) is 12.9. The molecule has 2 aliphatic carbocycles. The molecule has 4 aliphatic rings. The fraction of sp³-hybridized carbons (Fsp3) is 0.500. The van der Waals surface area contributed by atoms with Crippen LogP contribution in [-0.2, 0) is 9.53 Å². The van der Waals surface area contributed by atoms with Crippen LogP contribution in [0.2, 0.25) is 0 Å². The minimum absolute atomic E-state index is 0.0584. The van der Waals surface area contributed by atoms with Crippen LogP contribution in [0.1, 0.15) is 20.3 Å². The van der Waals surface area contributed by atoms with Crippen molar-refractivity contribution in [2.24, 2.45) is 29.6 Å². The van der Waals surface area contributed by atoms with Crippen LogP contribution in [0.3, 0.4) is 0 Å². The van der Waals surface area contributed by atoms with E-state index >= 15 is 0 Å². The molecular formula is C22H23NO3.